The number of hydrogen-bond acceptors (Lipinski definition) is 2. The summed E-state index contributed by atoms with van der Waals surface area (Å²) in [4.78, 5) is 5.20. The molecule has 8 rings (SSSR count). The van der Waals surface area contributed by atoms with Crippen LogP contribution in [0.3, 0.4) is 0 Å². The fraction of sp³-hybridized carbons (Fsp3) is 0.455. The van der Waals surface area contributed by atoms with Crippen molar-refractivity contribution in [3.63, 3.8) is 0 Å². The van der Waals surface area contributed by atoms with Crippen LogP contribution in [0.2, 0.25) is 0 Å². The molecule has 7 aromatic rings. The monoisotopic (exact) mass is 1050 g/mol. The van der Waals surface area contributed by atoms with E-state index in [2.05, 4.69) is 241 Å². The van der Waals surface area contributed by atoms with Gasteiger partial charge in [0.1, 0.15) is 0 Å². The van der Waals surface area contributed by atoms with Gasteiger partial charge < -0.3 is 9.80 Å². The zero-order valence-corrected chi connectivity index (χ0v) is 52.0. The first-order valence-corrected chi connectivity index (χ1v) is 31.2. The average Bonchev–Trinajstić information content (AvgIpc) is 3.96. The number of hydrogen-bond donors (Lipinski definition) is 0. The lowest BCUT2D eigenvalue weighted by Crippen LogP contribution is -2.28. The summed E-state index contributed by atoms with van der Waals surface area (Å²) in [6, 6.07) is 51.5. The van der Waals surface area contributed by atoms with E-state index in [9.17, 15) is 0 Å². The van der Waals surface area contributed by atoms with Crippen LogP contribution in [0, 0.1) is 41.5 Å². The third-order valence-electron chi connectivity index (χ3n) is 17.5. The summed E-state index contributed by atoms with van der Waals surface area (Å²) in [5.41, 5.74) is 27.8. The van der Waals surface area contributed by atoms with Crippen LogP contribution in [0.1, 0.15) is 231 Å². The highest BCUT2D eigenvalue weighted by Crippen LogP contribution is 2.59. The Morgan fingerprint density at radius 1 is 0.367 bits per heavy atom. The highest BCUT2D eigenvalue weighted by atomic mass is 15.2. The third kappa shape index (κ3) is 13.3. The van der Waals surface area contributed by atoms with Gasteiger partial charge in [-0.1, -0.05) is 218 Å². The Kier molecular flexibility index (Phi) is 19.3. The highest BCUT2D eigenvalue weighted by Gasteiger charge is 2.46. The summed E-state index contributed by atoms with van der Waals surface area (Å²) in [6.07, 6.45) is 20.9. The predicted molar refractivity (Wildman–Crippen MR) is 347 cm³/mol. The van der Waals surface area contributed by atoms with Gasteiger partial charge in [-0.2, -0.15) is 0 Å². The normalized spacial score (nSPS) is 12.9. The second kappa shape index (κ2) is 25.7. The van der Waals surface area contributed by atoms with Crippen LogP contribution in [-0.4, -0.2) is 0 Å². The molecule has 1 aliphatic carbocycles. The number of aryl methyl sites for hydroxylation is 8. The largest absolute Gasteiger partial charge is 0.310 e. The third-order valence-corrected chi connectivity index (χ3v) is 17.5. The summed E-state index contributed by atoms with van der Waals surface area (Å²) in [7, 11) is 0. The Hall–Kier alpha value is -5.86. The lowest BCUT2D eigenvalue weighted by molar-refractivity contribution is 0.505. The standard InChI is InChI=1S/C77H100N2/c1-16-19-22-25-26-29-42-77(64-50-60(34-27-23-20-17-2)49-61(51-64)35-28-24-21-18-3)71-52-67(78(65-36-30-32-54(4)43-65)73-56(6)45-62(46-57(73)7)75(10,11)12)38-40-69(71)70-41-39-68(53-72(70)77)79(66-37-31-33-55(5)44-66)74-58(8)47-63(48-59(74)9)76(13,14)15/h30-33,36-41,43-53H,16-29,34-35,42H2,1-15H3. The lowest BCUT2D eigenvalue weighted by atomic mass is 9.68. The summed E-state index contributed by atoms with van der Waals surface area (Å²) >= 11 is 0. The number of nitrogens with zero attached hydrogens (tertiary/aromatic N) is 2. The van der Waals surface area contributed by atoms with Crippen LogP contribution in [-0.2, 0) is 29.1 Å². The number of fused-ring (bicyclic) bond motifs is 3. The molecule has 0 saturated heterocycles. The van der Waals surface area contributed by atoms with E-state index in [1.807, 2.05) is 0 Å². The minimum Gasteiger partial charge on any atom is -0.310 e. The van der Waals surface area contributed by atoms with Gasteiger partial charge in [0.15, 0.2) is 0 Å². The molecule has 7 aromatic carbocycles. The van der Waals surface area contributed by atoms with E-state index in [1.165, 1.54) is 201 Å². The van der Waals surface area contributed by atoms with Crippen molar-refractivity contribution in [2.24, 2.45) is 0 Å². The molecule has 0 amide bonds. The Balaban J connectivity index is 1.46. The fourth-order valence-corrected chi connectivity index (χ4v) is 13.2. The molecule has 0 saturated carbocycles. The van der Waals surface area contributed by atoms with Gasteiger partial charge >= 0.3 is 0 Å². The molecule has 0 N–H and O–H groups in total. The average molecular weight is 1050 g/mol. The molecule has 0 aromatic heterocycles. The fourth-order valence-electron chi connectivity index (χ4n) is 13.2. The van der Waals surface area contributed by atoms with Gasteiger partial charge in [0.05, 0.1) is 11.4 Å². The van der Waals surface area contributed by atoms with Crippen LogP contribution >= 0.6 is 0 Å². The zero-order chi connectivity index (χ0) is 56.6. The first-order valence-electron chi connectivity index (χ1n) is 31.2. The minimum absolute atomic E-state index is 0.0398. The SMILES string of the molecule is CCCCCCCCC1(c2cc(CCCCCC)cc(CCCCCC)c2)c2cc(N(c3cccc(C)c3)c3c(C)cc(C(C)(C)C)cc3C)ccc2-c2ccc(N(c3cccc(C)c3)c3c(C)cc(C(C)(C)C)cc3C)cc21. The van der Waals surface area contributed by atoms with Crippen LogP contribution in [0.5, 0.6) is 0 Å². The van der Waals surface area contributed by atoms with E-state index >= 15 is 0 Å². The molecule has 418 valence electrons. The summed E-state index contributed by atoms with van der Waals surface area (Å²) < 4.78 is 0. The highest BCUT2D eigenvalue weighted by molar-refractivity contribution is 5.91. The van der Waals surface area contributed by atoms with Crippen molar-refractivity contribution in [3.05, 3.63) is 200 Å². The molecule has 79 heavy (non-hydrogen) atoms. The van der Waals surface area contributed by atoms with Gasteiger partial charge in [-0.05, 0) is 216 Å². The summed E-state index contributed by atoms with van der Waals surface area (Å²) in [5, 5.41) is 0. The topological polar surface area (TPSA) is 6.48 Å². The van der Waals surface area contributed by atoms with Crippen LogP contribution < -0.4 is 9.80 Å². The van der Waals surface area contributed by atoms with Crippen molar-refractivity contribution in [3.8, 4) is 11.1 Å². The molecule has 0 bridgehead atoms. The molecular formula is C77H100N2. The van der Waals surface area contributed by atoms with Gasteiger partial charge in [-0.3, -0.25) is 0 Å². The number of anilines is 6. The van der Waals surface area contributed by atoms with Gasteiger partial charge in [0, 0.05) is 28.2 Å². The molecule has 0 spiro atoms. The molecular weight excluding hydrogens is 953 g/mol. The van der Waals surface area contributed by atoms with E-state index in [1.54, 1.807) is 0 Å². The second-order valence-corrected chi connectivity index (χ2v) is 26.3. The summed E-state index contributed by atoms with van der Waals surface area (Å²) in [5.74, 6) is 0. The van der Waals surface area contributed by atoms with Crippen LogP contribution in [0.15, 0.2) is 127 Å². The van der Waals surface area contributed by atoms with Crippen molar-refractivity contribution in [1.29, 1.82) is 0 Å². The van der Waals surface area contributed by atoms with Crippen molar-refractivity contribution in [2.45, 2.75) is 229 Å². The predicted octanol–water partition coefficient (Wildman–Crippen LogP) is 23.4. The Labute approximate surface area is 481 Å². The van der Waals surface area contributed by atoms with E-state index < -0.39 is 5.41 Å². The second-order valence-electron chi connectivity index (χ2n) is 26.3. The van der Waals surface area contributed by atoms with Crippen molar-refractivity contribution >= 4 is 34.1 Å². The van der Waals surface area contributed by atoms with Gasteiger partial charge in [-0.25, -0.2) is 0 Å². The van der Waals surface area contributed by atoms with Crippen molar-refractivity contribution in [1.82, 2.24) is 0 Å². The van der Waals surface area contributed by atoms with Crippen LogP contribution in [0.4, 0.5) is 34.1 Å². The minimum atomic E-state index is -0.407. The molecule has 0 aliphatic heterocycles. The quantitative estimate of drug-likeness (QED) is 0.0557. The van der Waals surface area contributed by atoms with E-state index in [0.29, 0.717) is 0 Å². The zero-order valence-electron chi connectivity index (χ0n) is 52.0. The Morgan fingerprint density at radius 3 is 1.11 bits per heavy atom. The van der Waals surface area contributed by atoms with Crippen molar-refractivity contribution in [2.75, 3.05) is 9.80 Å². The smallest absolute Gasteiger partial charge is 0.0520 e. The molecule has 0 atom stereocenters. The number of benzene rings is 7. The number of rotatable bonds is 24. The Morgan fingerprint density at radius 2 is 0.734 bits per heavy atom. The molecule has 0 unspecified atom stereocenters. The van der Waals surface area contributed by atoms with Gasteiger partial charge in [-0.15, -0.1) is 0 Å². The molecule has 2 heteroatoms. The Bertz CT molecular complexity index is 2940. The molecule has 0 heterocycles. The maximum absolute atomic E-state index is 2.70. The van der Waals surface area contributed by atoms with E-state index in [-0.39, 0.29) is 10.8 Å². The molecule has 2 nitrogen and oxygen atoms in total. The molecule has 1 aliphatic rings. The van der Waals surface area contributed by atoms with Gasteiger partial charge in [0.2, 0.25) is 0 Å². The first-order chi connectivity index (χ1) is 37.8. The maximum atomic E-state index is 2.70. The molecule has 0 fully saturated rings. The lowest BCUT2D eigenvalue weighted by Gasteiger charge is -2.37. The first kappa shape index (κ1) is 59.3. The summed E-state index contributed by atoms with van der Waals surface area (Å²) in [6.45, 7) is 34.9. The van der Waals surface area contributed by atoms with Crippen LogP contribution in [0.25, 0.3) is 11.1 Å². The molecule has 0 radical (unpaired) electrons. The van der Waals surface area contributed by atoms with Gasteiger partial charge in [0.25, 0.3) is 0 Å². The van der Waals surface area contributed by atoms with E-state index in [0.717, 1.165) is 25.7 Å². The number of unbranched alkanes of at least 4 members (excludes halogenated alkanes) is 11. The van der Waals surface area contributed by atoms with E-state index in [4.69, 9.17) is 0 Å². The van der Waals surface area contributed by atoms with Crippen molar-refractivity contribution < 1.29 is 0 Å². The maximum Gasteiger partial charge on any atom is 0.0520 e.